The smallest absolute Gasteiger partial charge is 0.249 e. The van der Waals surface area contributed by atoms with Gasteiger partial charge in [0.15, 0.2) is 0 Å². The van der Waals surface area contributed by atoms with Gasteiger partial charge < -0.3 is 5.32 Å². The average molecular weight is 287 g/mol. The average Bonchev–Trinajstić information content (AvgIpc) is 2.43. The molecule has 1 aromatic carbocycles. The van der Waals surface area contributed by atoms with E-state index in [4.69, 9.17) is 11.6 Å². The summed E-state index contributed by atoms with van der Waals surface area (Å²) in [6, 6.07) is 9.32. The van der Waals surface area contributed by atoms with E-state index >= 15 is 0 Å². The molecule has 0 atom stereocenters. The molecular weight excluding hydrogens is 272 g/mol. The van der Waals surface area contributed by atoms with Crippen LogP contribution in [-0.4, -0.2) is 10.9 Å². The van der Waals surface area contributed by atoms with Gasteiger partial charge in [0.05, 0.1) is 0 Å². The van der Waals surface area contributed by atoms with Crippen molar-refractivity contribution in [3.05, 3.63) is 64.3 Å². The molecule has 0 fully saturated rings. The van der Waals surface area contributed by atoms with Crippen molar-refractivity contribution < 1.29 is 4.79 Å². The molecule has 0 saturated heterocycles. The van der Waals surface area contributed by atoms with Crippen LogP contribution in [0.4, 0.5) is 5.82 Å². The minimum absolute atomic E-state index is 0.224. The number of hydrogen-bond acceptors (Lipinski definition) is 2. The molecule has 0 aliphatic rings. The number of benzene rings is 1. The molecule has 2 aromatic rings. The van der Waals surface area contributed by atoms with Crippen molar-refractivity contribution in [2.45, 2.75) is 13.8 Å². The fourth-order valence-corrected chi connectivity index (χ4v) is 1.78. The Hall–Kier alpha value is -2.13. The summed E-state index contributed by atoms with van der Waals surface area (Å²) in [6.07, 6.45) is 4.89. The van der Waals surface area contributed by atoms with Crippen LogP contribution in [0.25, 0.3) is 6.08 Å². The van der Waals surface area contributed by atoms with Crippen LogP contribution in [0.3, 0.4) is 0 Å². The summed E-state index contributed by atoms with van der Waals surface area (Å²) in [4.78, 5) is 15.9. The van der Waals surface area contributed by atoms with E-state index in [1.807, 2.05) is 38.1 Å². The molecule has 4 heteroatoms. The fraction of sp³-hybridized carbons (Fsp3) is 0.125. The molecule has 0 bridgehead atoms. The predicted octanol–water partition coefficient (Wildman–Crippen LogP) is 4.00. The number of halogens is 1. The normalized spacial score (nSPS) is 10.8. The van der Waals surface area contributed by atoms with E-state index in [0.717, 1.165) is 16.7 Å². The van der Waals surface area contributed by atoms with Crippen molar-refractivity contribution in [1.82, 2.24) is 4.98 Å². The highest BCUT2D eigenvalue weighted by atomic mass is 35.5. The molecule has 3 nitrogen and oxygen atoms in total. The van der Waals surface area contributed by atoms with Gasteiger partial charge in [0.25, 0.3) is 0 Å². The molecule has 1 amide bonds. The lowest BCUT2D eigenvalue weighted by molar-refractivity contribution is -0.111. The Labute approximate surface area is 123 Å². The van der Waals surface area contributed by atoms with E-state index in [-0.39, 0.29) is 5.91 Å². The molecule has 0 aliphatic carbocycles. The standard InChI is InChI=1S/C16H15ClN2O/c1-11-3-7-15(18-10-11)19-16(20)8-6-13-5-4-12(2)14(17)9-13/h3-10H,1-2H3,(H,18,19,20)/b8-6+. The van der Waals surface area contributed by atoms with Crippen LogP contribution >= 0.6 is 11.6 Å². The number of rotatable bonds is 3. The number of amides is 1. The van der Waals surface area contributed by atoms with Gasteiger partial charge >= 0.3 is 0 Å². The number of carbonyl (C=O) groups excluding carboxylic acids is 1. The quantitative estimate of drug-likeness (QED) is 0.867. The predicted molar refractivity (Wildman–Crippen MR) is 82.8 cm³/mol. The number of carbonyl (C=O) groups is 1. The Morgan fingerprint density at radius 3 is 2.70 bits per heavy atom. The Morgan fingerprint density at radius 1 is 1.25 bits per heavy atom. The summed E-state index contributed by atoms with van der Waals surface area (Å²) < 4.78 is 0. The number of nitrogens with one attached hydrogen (secondary N) is 1. The molecule has 102 valence electrons. The van der Waals surface area contributed by atoms with Crippen LogP contribution < -0.4 is 5.32 Å². The highest BCUT2D eigenvalue weighted by Crippen LogP contribution is 2.17. The summed E-state index contributed by atoms with van der Waals surface area (Å²) in [5.41, 5.74) is 2.94. The third-order valence-electron chi connectivity index (χ3n) is 2.79. The van der Waals surface area contributed by atoms with E-state index in [1.54, 1.807) is 18.3 Å². The number of aromatic nitrogens is 1. The summed E-state index contributed by atoms with van der Waals surface area (Å²) in [6.45, 7) is 3.88. The van der Waals surface area contributed by atoms with Gasteiger partial charge in [0.2, 0.25) is 5.91 Å². The van der Waals surface area contributed by atoms with Crippen molar-refractivity contribution in [2.24, 2.45) is 0 Å². The molecule has 0 saturated carbocycles. The largest absolute Gasteiger partial charge is 0.307 e. The van der Waals surface area contributed by atoms with Gasteiger partial charge in [-0.05, 0) is 48.7 Å². The van der Waals surface area contributed by atoms with E-state index in [9.17, 15) is 4.79 Å². The van der Waals surface area contributed by atoms with Crippen LogP contribution in [0.15, 0.2) is 42.6 Å². The number of aryl methyl sites for hydroxylation is 2. The molecule has 0 radical (unpaired) electrons. The molecular formula is C16H15ClN2O. The second-order valence-corrected chi connectivity index (χ2v) is 4.96. The molecule has 1 aromatic heterocycles. The van der Waals surface area contributed by atoms with Crippen molar-refractivity contribution >= 4 is 29.4 Å². The zero-order chi connectivity index (χ0) is 14.5. The zero-order valence-electron chi connectivity index (χ0n) is 11.4. The Morgan fingerprint density at radius 2 is 2.05 bits per heavy atom. The van der Waals surface area contributed by atoms with Crippen LogP contribution in [-0.2, 0) is 4.79 Å². The first-order valence-corrected chi connectivity index (χ1v) is 6.60. The second-order valence-electron chi connectivity index (χ2n) is 4.55. The van der Waals surface area contributed by atoms with Crippen molar-refractivity contribution in [1.29, 1.82) is 0 Å². The number of nitrogens with zero attached hydrogens (tertiary/aromatic N) is 1. The molecule has 0 spiro atoms. The Bertz CT molecular complexity index is 648. The van der Waals surface area contributed by atoms with Crippen LogP contribution in [0, 0.1) is 13.8 Å². The number of anilines is 1. The van der Waals surface area contributed by atoms with Gasteiger partial charge in [0, 0.05) is 17.3 Å². The van der Waals surface area contributed by atoms with E-state index in [2.05, 4.69) is 10.3 Å². The maximum Gasteiger partial charge on any atom is 0.249 e. The van der Waals surface area contributed by atoms with Crippen LogP contribution in [0.1, 0.15) is 16.7 Å². The van der Waals surface area contributed by atoms with Crippen LogP contribution in [0.2, 0.25) is 5.02 Å². The van der Waals surface area contributed by atoms with Gasteiger partial charge in [-0.15, -0.1) is 0 Å². The van der Waals surface area contributed by atoms with Crippen molar-refractivity contribution in [3.8, 4) is 0 Å². The van der Waals surface area contributed by atoms with Gasteiger partial charge in [-0.3, -0.25) is 4.79 Å². The van der Waals surface area contributed by atoms with Crippen molar-refractivity contribution in [3.63, 3.8) is 0 Å². The highest BCUT2D eigenvalue weighted by Gasteiger charge is 1.99. The summed E-state index contributed by atoms with van der Waals surface area (Å²) in [5, 5.41) is 3.38. The molecule has 20 heavy (non-hydrogen) atoms. The monoisotopic (exact) mass is 286 g/mol. The van der Waals surface area contributed by atoms with Crippen LogP contribution in [0.5, 0.6) is 0 Å². The first kappa shape index (κ1) is 14.3. The SMILES string of the molecule is Cc1ccc(NC(=O)/C=C/c2ccc(C)c(Cl)c2)nc1. The molecule has 0 aliphatic heterocycles. The lowest BCUT2D eigenvalue weighted by Crippen LogP contribution is -2.08. The zero-order valence-corrected chi connectivity index (χ0v) is 12.1. The molecule has 1 N–H and O–H groups in total. The third kappa shape index (κ3) is 3.93. The van der Waals surface area contributed by atoms with Gasteiger partial charge in [-0.1, -0.05) is 29.8 Å². The van der Waals surface area contributed by atoms with E-state index < -0.39 is 0 Å². The molecule has 2 rings (SSSR count). The minimum atomic E-state index is -0.224. The van der Waals surface area contributed by atoms with E-state index in [1.165, 1.54) is 6.08 Å². The maximum atomic E-state index is 11.8. The van der Waals surface area contributed by atoms with Gasteiger partial charge in [-0.25, -0.2) is 4.98 Å². The highest BCUT2D eigenvalue weighted by molar-refractivity contribution is 6.31. The van der Waals surface area contributed by atoms with Crippen molar-refractivity contribution in [2.75, 3.05) is 5.32 Å². The lowest BCUT2D eigenvalue weighted by atomic mass is 10.1. The summed E-state index contributed by atoms with van der Waals surface area (Å²) in [5.74, 6) is 0.310. The second kappa shape index (κ2) is 6.35. The number of pyridine rings is 1. The maximum absolute atomic E-state index is 11.8. The number of hydrogen-bond donors (Lipinski definition) is 1. The van der Waals surface area contributed by atoms with Gasteiger partial charge in [0.1, 0.15) is 5.82 Å². The van der Waals surface area contributed by atoms with Gasteiger partial charge in [-0.2, -0.15) is 0 Å². The first-order valence-electron chi connectivity index (χ1n) is 6.22. The molecule has 1 heterocycles. The molecule has 0 unspecified atom stereocenters. The summed E-state index contributed by atoms with van der Waals surface area (Å²) >= 11 is 6.03. The Kier molecular flexibility index (Phi) is 4.53. The third-order valence-corrected chi connectivity index (χ3v) is 3.19. The fourth-order valence-electron chi connectivity index (χ4n) is 1.59. The minimum Gasteiger partial charge on any atom is -0.307 e. The topological polar surface area (TPSA) is 42.0 Å². The lowest BCUT2D eigenvalue weighted by Gasteiger charge is -2.01. The van der Waals surface area contributed by atoms with E-state index in [0.29, 0.717) is 10.8 Å². The summed E-state index contributed by atoms with van der Waals surface area (Å²) in [7, 11) is 0. The first-order chi connectivity index (χ1) is 9.54. The Balaban J connectivity index is 2.01.